The van der Waals surface area contributed by atoms with Crippen LogP contribution in [0.4, 0.5) is 0 Å². The molecule has 0 spiro atoms. The van der Waals surface area contributed by atoms with Crippen LogP contribution in [-0.4, -0.2) is 41.6 Å². The van der Waals surface area contributed by atoms with E-state index in [1.165, 1.54) is 24.2 Å². The third-order valence-electron chi connectivity index (χ3n) is 5.22. The van der Waals surface area contributed by atoms with Crippen molar-refractivity contribution in [3.63, 3.8) is 0 Å². The van der Waals surface area contributed by atoms with E-state index < -0.39 is 12.0 Å². The van der Waals surface area contributed by atoms with Crippen LogP contribution in [0.15, 0.2) is 30.3 Å². The molecule has 0 aromatic heterocycles. The van der Waals surface area contributed by atoms with E-state index in [9.17, 15) is 14.7 Å². The van der Waals surface area contributed by atoms with Gasteiger partial charge < -0.3 is 14.7 Å². The molecule has 2 rings (SSSR count). The summed E-state index contributed by atoms with van der Waals surface area (Å²) >= 11 is 0. The maximum absolute atomic E-state index is 12.4. The third-order valence-corrected chi connectivity index (χ3v) is 5.22. The summed E-state index contributed by atoms with van der Waals surface area (Å²) in [7, 11) is 1.62. The molecule has 5 heteroatoms. The molecule has 144 valence electrons. The van der Waals surface area contributed by atoms with E-state index in [-0.39, 0.29) is 5.91 Å². The highest BCUT2D eigenvalue weighted by Crippen LogP contribution is 2.28. The number of carbonyl (C=O) groups is 2. The number of carboxylic acids is 1. The normalized spacial score (nSPS) is 16.2. The zero-order valence-corrected chi connectivity index (χ0v) is 15.7. The summed E-state index contributed by atoms with van der Waals surface area (Å²) in [6.45, 7) is 1.03. The fraction of sp³-hybridized carbons (Fsp3) is 0.619. The number of hydrogen-bond acceptors (Lipinski definition) is 3. The van der Waals surface area contributed by atoms with Gasteiger partial charge in [0.1, 0.15) is 6.04 Å². The van der Waals surface area contributed by atoms with Crippen molar-refractivity contribution < 1.29 is 19.4 Å². The van der Waals surface area contributed by atoms with Crippen molar-refractivity contribution in [3.8, 4) is 0 Å². The van der Waals surface area contributed by atoms with Crippen molar-refractivity contribution in [2.75, 3.05) is 13.7 Å². The number of ether oxygens (including phenoxy) is 1. The summed E-state index contributed by atoms with van der Waals surface area (Å²) in [6.07, 6.45) is 7.25. The number of rotatable bonds is 10. The first-order valence-corrected chi connectivity index (χ1v) is 9.68. The summed E-state index contributed by atoms with van der Waals surface area (Å²) in [5.74, 6) is -0.586. The monoisotopic (exact) mass is 361 g/mol. The van der Waals surface area contributed by atoms with Crippen LogP contribution < -0.4 is 0 Å². The molecule has 0 radical (unpaired) electrons. The average Bonchev–Trinajstić information content (AvgIpc) is 2.66. The Morgan fingerprint density at radius 3 is 2.54 bits per heavy atom. The summed E-state index contributed by atoms with van der Waals surface area (Å²) in [5, 5.41) is 9.54. The Bertz CT molecular complexity index is 554. The Morgan fingerprint density at radius 1 is 1.19 bits per heavy atom. The minimum absolute atomic E-state index is 0.114. The molecule has 1 saturated carbocycles. The van der Waals surface area contributed by atoms with Crippen LogP contribution >= 0.6 is 0 Å². The number of amides is 1. The molecule has 1 N–H and O–H groups in total. The van der Waals surface area contributed by atoms with Crippen LogP contribution in [0.5, 0.6) is 0 Å². The number of hydrogen-bond donors (Lipinski definition) is 1. The maximum Gasteiger partial charge on any atom is 0.326 e. The first kappa shape index (κ1) is 20.4. The first-order valence-electron chi connectivity index (χ1n) is 9.68. The van der Waals surface area contributed by atoms with E-state index >= 15 is 0 Å². The average molecular weight is 361 g/mol. The van der Waals surface area contributed by atoms with Crippen LogP contribution in [-0.2, 0) is 20.9 Å². The molecule has 1 unspecified atom stereocenters. The van der Waals surface area contributed by atoms with E-state index in [1.807, 2.05) is 30.3 Å². The zero-order valence-electron chi connectivity index (χ0n) is 15.7. The number of carbonyl (C=O) groups excluding carboxylic acids is 1. The van der Waals surface area contributed by atoms with Gasteiger partial charge in [-0.25, -0.2) is 4.79 Å². The predicted molar refractivity (Wildman–Crippen MR) is 101 cm³/mol. The van der Waals surface area contributed by atoms with E-state index in [1.54, 1.807) is 7.05 Å². The van der Waals surface area contributed by atoms with Gasteiger partial charge in [0.05, 0.1) is 6.61 Å². The highest BCUT2D eigenvalue weighted by molar-refractivity contribution is 5.83. The van der Waals surface area contributed by atoms with Gasteiger partial charge in [0.15, 0.2) is 0 Å². The molecule has 1 aromatic rings. The molecule has 1 aromatic carbocycles. The summed E-state index contributed by atoms with van der Waals surface area (Å²) in [5.41, 5.74) is 1.11. The van der Waals surface area contributed by atoms with Gasteiger partial charge in [-0.2, -0.15) is 0 Å². The lowest BCUT2D eigenvalue weighted by Crippen LogP contribution is -2.43. The van der Waals surface area contributed by atoms with Gasteiger partial charge in [0.2, 0.25) is 5.91 Å². The molecule has 1 aliphatic carbocycles. The SMILES string of the molecule is CN(C(=O)CCCOCc1ccccc1)C(CC1CCCCC1)C(=O)O. The predicted octanol–water partition coefficient (Wildman–Crippen LogP) is 3.87. The summed E-state index contributed by atoms with van der Waals surface area (Å²) in [4.78, 5) is 25.4. The van der Waals surface area contributed by atoms with Gasteiger partial charge in [-0.1, -0.05) is 62.4 Å². The van der Waals surface area contributed by atoms with Crippen LogP contribution in [0.25, 0.3) is 0 Å². The first-order chi connectivity index (χ1) is 12.6. The van der Waals surface area contributed by atoms with Crippen LogP contribution in [0.1, 0.15) is 56.9 Å². The summed E-state index contributed by atoms with van der Waals surface area (Å²) < 4.78 is 5.59. The molecule has 1 fully saturated rings. The number of carboxylic acid groups (broad SMARTS) is 1. The van der Waals surface area contributed by atoms with Crippen molar-refractivity contribution in [1.29, 1.82) is 0 Å². The second-order valence-electron chi connectivity index (χ2n) is 7.24. The Balaban J connectivity index is 1.70. The second kappa shape index (κ2) is 11.0. The zero-order chi connectivity index (χ0) is 18.8. The maximum atomic E-state index is 12.4. The molecule has 5 nitrogen and oxygen atoms in total. The Kier molecular flexibility index (Phi) is 8.62. The van der Waals surface area contributed by atoms with Crippen molar-refractivity contribution in [2.45, 2.75) is 64.0 Å². The van der Waals surface area contributed by atoms with E-state index in [0.717, 1.165) is 18.4 Å². The highest BCUT2D eigenvalue weighted by atomic mass is 16.5. The lowest BCUT2D eigenvalue weighted by Gasteiger charge is -2.30. The molecule has 1 amide bonds. The van der Waals surface area contributed by atoms with Gasteiger partial charge in [0.25, 0.3) is 0 Å². The minimum Gasteiger partial charge on any atom is -0.480 e. The third kappa shape index (κ3) is 6.79. The molecule has 0 saturated heterocycles. The van der Waals surface area contributed by atoms with E-state index in [4.69, 9.17) is 4.74 Å². The molecule has 1 atom stereocenters. The quantitative estimate of drug-likeness (QED) is 0.643. The largest absolute Gasteiger partial charge is 0.480 e. The Labute approximate surface area is 156 Å². The number of nitrogens with zero attached hydrogens (tertiary/aromatic N) is 1. The fourth-order valence-electron chi connectivity index (χ4n) is 3.60. The van der Waals surface area contributed by atoms with Crippen LogP contribution in [0.3, 0.4) is 0 Å². The Morgan fingerprint density at radius 2 is 1.88 bits per heavy atom. The van der Waals surface area contributed by atoms with Gasteiger partial charge in [0, 0.05) is 20.1 Å². The molecular weight excluding hydrogens is 330 g/mol. The second-order valence-corrected chi connectivity index (χ2v) is 7.24. The minimum atomic E-state index is -0.897. The number of aliphatic carboxylic acids is 1. The van der Waals surface area contributed by atoms with Crippen molar-refractivity contribution >= 4 is 11.9 Å². The Hall–Kier alpha value is -1.88. The van der Waals surface area contributed by atoms with Crippen LogP contribution in [0, 0.1) is 5.92 Å². The van der Waals surface area contributed by atoms with Gasteiger partial charge >= 0.3 is 5.97 Å². The topological polar surface area (TPSA) is 66.8 Å². The lowest BCUT2D eigenvalue weighted by atomic mass is 9.84. The van der Waals surface area contributed by atoms with Crippen molar-refractivity contribution in [1.82, 2.24) is 4.90 Å². The molecule has 0 aliphatic heterocycles. The fourth-order valence-corrected chi connectivity index (χ4v) is 3.60. The summed E-state index contributed by atoms with van der Waals surface area (Å²) in [6, 6.07) is 9.19. The van der Waals surface area contributed by atoms with Gasteiger partial charge in [-0.3, -0.25) is 4.79 Å². The highest BCUT2D eigenvalue weighted by Gasteiger charge is 2.29. The number of benzene rings is 1. The van der Waals surface area contributed by atoms with E-state index in [0.29, 0.717) is 38.4 Å². The van der Waals surface area contributed by atoms with Gasteiger partial charge in [-0.05, 0) is 24.3 Å². The molecule has 26 heavy (non-hydrogen) atoms. The van der Waals surface area contributed by atoms with Gasteiger partial charge in [-0.15, -0.1) is 0 Å². The molecule has 0 bridgehead atoms. The standard InChI is InChI=1S/C21H31NO4/c1-22(19(21(24)25)15-17-9-4-2-5-10-17)20(23)13-8-14-26-16-18-11-6-3-7-12-18/h3,6-7,11-12,17,19H,2,4-5,8-10,13-16H2,1H3,(H,24,25). The number of likely N-dealkylation sites (N-methyl/N-ethyl adjacent to an activating group) is 1. The lowest BCUT2D eigenvalue weighted by molar-refractivity contribution is -0.150. The molecule has 0 heterocycles. The molecular formula is C21H31NO4. The van der Waals surface area contributed by atoms with Crippen molar-refractivity contribution in [3.05, 3.63) is 35.9 Å². The van der Waals surface area contributed by atoms with E-state index in [2.05, 4.69) is 0 Å². The smallest absolute Gasteiger partial charge is 0.326 e. The van der Waals surface area contributed by atoms with Crippen molar-refractivity contribution in [2.24, 2.45) is 5.92 Å². The molecule has 1 aliphatic rings. The van der Waals surface area contributed by atoms with Crippen LogP contribution in [0.2, 0.25) is 0 Å².